The highest BCUT2D eigenvalue weighted by atomic mass is 32.2. The lowest BCUT2D eigenvalue weighted by molar-refractivity contribution is -0.143. The van der Waals surface area contributed by atoms with Crippen LogP contribution in [0.1, 0.15) is 78.7 Å². The summed E-state index contributed by atoms with van der Waals surface area (Å²) >= 11 is 1.86. The van der Waals surface area contributed by atoms with Crippen molar-refractivity contribution in [1.82, 2.24) is 47.9 Å². The van der Waals surface area contributed by atoms with Crippen molar-refractivity contribution in [1.29, 1.82) is 0 Å². The van der Waals surface area contributed by atoms with Crippen molar-refractivity contribution < 1.29 is 68.1 Å². The first kappa shape index (κ1) is 60.3. The molecule has 9 amide bonds. The number of aromatic hydroxyl groups is 1. The summed E-state index contributed by atoms with van der Waals surface area (Å²) in [6.45, 7) is 8.00. The standard InChI is InChI=1S/C46H70N10O14S2/c1-23(2)15-31-41(64)49-25(5)38(61)50-30(12-13-37(47)60)40(63)56-36(45(68)54-34(18-57)46(69)70)22-72-20-28(59)19-71-21-35(55-39(62)29-7-6-14-48-29)44(67)52-32(16-24(3)4)42(65)53-33(43(66)51-31)17-26-8-10-27(58)11-9-26/h8-11,23-25,29-36,48,57-58H,6-7,12-22H2,1-5H3,(H2,47,60)(H,49,64)(H,50,61)(H,51,66)(H,52,67)(H,53,65)(H,54,68)(H,55,62)(H,56,63)(H,69,70)/t25-,29-,30-,31-,32-,33-,34-,35-,36-/m0/s1. The van der Waals surface area contributed by atoms with Crippen molar-refractivity contribution in [3.05, 3.63) is 29.8 Å². The molecule has 400 valence electrons. The highest BCUT2D eigenvalue weighted by molar-refractivity contribution is 8.01. The zero-order valence-electron chi connectivity index (χ0n) is 41.1. The molecular formula is C46H70N10O14S2. The van der Waals surface area contributed by atoms with Gasteiger partial charge < -0.3 is 68.9 Å². The second-order valence-electron chi connectivity index (χ2n) is 18.5. The van der Waals surface area contributed by atoms with Crippen molar-refractivity contribution in [2.45, 2.75) is 134 Å². The van der Waals surface area contributed by atoms with Crippen LogP contribution in [0.25, 0.3) is 0 Å². The van der Waals surface area contributed by atoms with Gasteiger partial charge in [-0.2, -0.15) is 23.5 Å². The monoisotopic (exact) mass is 1050 g/mol. The zero-order valence-corrected chi connectivity index (χ0v) is 42.7. The van der Waals surface area contributed by atoms with E-state index in [4.69, 9.17) is 5.73 Å². The topological polar surface area (TPSA) is 383 Å². The van der Waals surface area contributed by atoms with Crippen molar-refractivity contribution in [2.75, 3.05) is 36.2 Å². The number of aliphatic carboxylic acids is 1. The molecule has 26 heteroatoms. The Bertz CT molecular complexity index is 2090. The van der Waals surface area contributed by atoms with Gasteiger partial charge in [0.1, 0.15) is 54.1 Å². The molecule has 0 bridgehead atoms. The normalized spacial score (nSPS) is 25.5. The van der Waals surface area contributed by atoms with E-state index in [1.54, 1.807) is 13.8 Å². The van der Waals surface area contributed by atoms with E-state index in [0.717, 1.165) is 23.5 Å². The molecular weight excluding hydrogens is 981 g/mol. The number of aliphatic hydroxyl groups is 1. The molecule has 0 aliphatic carbocycles. The lowest BCUT2D eigenvalue weighted by Crippen LogP contribution is -2.61. The van der Waals surface area contributed by atoms with Crippen molar-refractivity contribution >= 4 is 88.4 Å². The van der Waals surface area contributed by atoms with Gasteiger partial charge in [-0.3, -0.25) is 47.9 Å². The van der Waals surface area contributed by atoms with Gasteiger partial charge in [0, 0.05) is 24.3 Å². The molecule has 2 fully saturated rings. The number of aliphatic hydroxyl groups excluding tert-OH is 1. The SMILES string of the molecule is CC(C)C[C@@H]1NC(=O)[C@H](Cc2ccc(O)cc2)NC(=O)[C@H](CC(C)C)NC(=O)[C@@H](NC(=O)[C@@H]2CCCN2)CSCC(=O)CSC[C@@H](C(=O)N[C@@H](CO)C(=O)O)NC(=O)[C@H](CCC(N)=O)NC(=O)[C@H](C)NC1=O. The van der Waals surface area contributed by atoms with Gasteiger partial charge in [-0.05, 0) is 75.1 Å². The molecule has 0 spiro atoms. The van der Waals surface area contributed by atoms with Gasteiger partial charge in [0.2, 0.25) is 53.2 Å². The Morgan fingerprint density at radius 1 is 0.708 bits per heavy atom. The molecule has 1 aromatic carbocycles. The Hall–Kier alpha value is -5.99. The molecule has 9 atom stereocenters. The average Bonchev–Trinajstić information content (AvgIpc) is 3.86. The number of rotatable bonds is 15. The van der Waals surface area contributed by atoms with E-state index in [-0.39, 0.29) is 59.9 Å². The maximum absolute atomic E-state index is 14.3. The summed E-state index contributed by atoms with van der Waals surface area (Å²) < 4.78 is 0. The third-order valence-electron chi connectivity index (χ3n) is 11.3. The van der Waals surface area contributed by atoms with Crippen LogP contribution in [0.2, 0.25) is 0 Å². The van der Waals surface area contributed by atoms with Gasteiger partial charge in [-0.15, -0.1) is 0 Å². The highest BCUT2D eigenvalue weighted by Crippen LogP contribution is 2.16. The molecule has 2 saturated heterocycles. The molecule has 2 aliphatic heterocycles. The Labute approximate surface area is 426 Å². The summed E-state index contributed by atoms with van der Waals surface area (Å²) in [7, 11) is 0. The van der Waals surface area contributed by atoms with Crippen LogP contribution in [-0.4, -0.2) is 171 Å². The number of thioether (sulfide) groups is 2. The number of nitrogens with two attached hydrogens (primary N) is 1. The molecule has 0 unspecified atom stereocenters. The number of amides is 9. The first-order valence-corrected chi connectivity index (χ1v) is 26.0. The number of carboxylic acids is 1. The largest absolute Gasteiger partial charge is 0.508 e. The predicted octanol–water partition coefficient (Wildman–Crippen LogP) is -2.93. The molecule has 2 heterocycles. The number of carbonyl (C=O) groups is 11. The molecule has 1 aromatic rings. The number of carboxylic acid groups (broad SMARTS) is 1. The van der Waals surface area contributed by atoms with Gasteiger partial charge in [-0.1, -0.05) is 39.8 Å². The summed E-state index contributed by atoms with van der Waals surface area (Å²) in [5, 5.41) is 52.4. The van der Waals surface area contributed by atoms with Crippen LogP contribution in [0.4, 0.5) is 0 Å². The fourth-order valence-electron chi connectivity index (χ4n) is 7.43. The third-order valence-corrected chi connectivity index (χ3v) is 13.5. The van der Waals surface area contributed by atoms with E-state index >= 15 is 0 Å². The summed E-state index contributed by atoms with van der Waals surface area (Å²) in [5.41, 5.74) is 5.86. The summed E-state index contributed by atoms with van der Waals surface area (Å²) in [6.07, 6.45) is 0.357. The third kappa shape index (κ3) is 21.0. The minimum atomic E-state index is -1.79. The van der Waals surface area contributed by atoms with Gasteiger partial charge in [0.15, 0.2) is 5.78 Å². The second kappa shape index (κ2) is 30.1. The first-order chi connectivity index (χ1) is 34.0. The summed E-state index contributed by atoms with van der Waals surface area (Å²) in [6, 6.07) is -6.32. The van der Waals surface area contributed by atoms with Gasteiger partial charge >= 0.3 is 5.97 Å². The van der Waals surface area contributed by atoms with E-state index in [1.807, 2.05) is 13.8 Å². The minimum absolute atomic E-state index is 0.0367. The maximum atomic E-state index is 14.3. The number of nitrogens with one attached hydrogen (secondary N) is 9. The smallest absolute Gasteiger partial charge is 0.328 e. The Balaban J connectivity index is 2.09. The molecule has 72 heavy (non-hydrogen) atoms. The van der Waals surface area contributed by atoms with Crippen molar-refractivity contribution in [2.24, 2.45) is 17.6 Å². The van der Waals surface area contributed by atoms with Crippen LogP contribution in [-0.2, 0) is 59.2 Å². The number of phenols is 1. The van der Waals surface area contributed by atoms with Crippen LogP contribution in [0.3, 0.4) is 0 Å². The molecule has 0 radical (unpaired) electrons. The minimum Gasteiger partial charge on any atom is -0.508 e. The lowest BCUT2D eigenvalue weighted by Gasteiger charge is -2.28. The van der Waals surface area contributed by atoms with Crippen LogP contribution < -0.4 is 53.6 Å². The number of benzene rings is 1. The maximum Gasteiger partial charge on any atom is 0.328 e. The average molecular weight is 1050 g/mol. The van der Waals surface area contributed by atoms with Crippen LogP contribution in [0.5, 0.6) is 5.75 Å². The van der Waals surface area contributed by atoms with E-state index in [9.17, 15) is 68.1 Å². The number of primary amides is 1. The lowest BCUT2D eigenvalue weighted by atomic mass is 9.99. The van der Waals surface area contributed by atoms with Gasteiger partial charge in [0.25, 0.3) is 0 Å². The molecule has 2 aliphatic rings. The second-order valence-corrected chi connectivity index (χ2v) is 20.6. The van der Waals surface area contributed by atoms with Crippen molar-refractivity contribution in [3.63, 3.8) is 0 Å². The number of ketones is 1. The van der Waals surface area contributed by atoms with E-state index in [2.05, 4.69) is 47.9 Å². The fraction of sp³-hybridized carbons (Fsp3) is 0.630. The van der Waals surface area contributed by atoms with E-state index in [0.29, 0.717) is 24.9 Å². The molecule has 14 N–H and O–H groups in total. The predicted molar refractivity (Wildman–Crippen MR) is 266 cm³/mol. The Morgan fingerprint density at radius 2 is 1.25 bits per heavy atom. The van der Waals surface area contributed by atoms with Gasteiger partial charge in [0.05, 0.1) is 24.2 Å². The van der Waals surface area contributed by atoms with Crippen LogP contribution in [0, 0.1) is 11.8 Å². The zero-order chi connectivity index (χ0) is 53.7. The first-order valence-electron chi connectivity index (χ1n) is 23.7. The number of Topliss-reactive ketones (excluding diaryl/α,β-unsaturated/α-hetero) is 1. The van der Waals surface area contributed by atoms with E-state index in [1.165, 1.54) is 31.2 Å². The molecule has 3 rings (SSSR count). The highest BCUT2D eigenvalue weighted by Gasteiger charge is 2.36. The molecule has 0 aromatic heterocycles. The summed E-state index contributed by atoms with van der Waals surface area (Å²) in [5.74, 6) is -11.0. The summed E-state index contributed by atoms with van der Waals surface area (Å²) in [4.78, 5) is 148. The number of phenolic OH excluding ortho intramolecular Hbond substituents is 1. The van der Waals surface area contributed by atoms with Crippen LogP contribution in [0.15, 0.2) is 24.3 Å². The van der Waals surface area contributed by atoms with Crippen molar-refractivity contribution in [3.8, 4) is 5.75 Å². The molecule has 0 saturated carbocycles. The molecule has 24 nitrogen and oxygen atoms in total. The van der Waals surface area contributed by atoms with Crippen LogP contribution >= 0.6 is 23.5 Å². The quantitative estimate of drug-likeness (QED) is 0.0836. The van der Waals surface area contributed by atoms with E-state index < -0.39 is 139 Å². The number of hydrogen-bond acceptors (Lipinski definition) is 16. The Morgan fingerprint density at radius 3 is 1.81 bits per heavy atom. The number of carbonyl (C=O) groups excluding carboxylic acids is 10. The van der Waals surface area contributed by atoms with Gasteiger partial charge in [-0.25, -0.2) is 4.79 Å². The Kier molecular flexibility index (Phi) is 25.2. The number of hydrogen-bond donors (Lipinski definition) is 13. The fourth-order valence-corrected chi connectivity index (χ4v) is 9.40.